The van der Waals surface area contributed by atoms with Crippen LogP contribution in [0.2, 0.25) is 0 Å². The highest BCUT2D eigenvalue weighted by atomic mass is 32.1. The first-order valence-electron chi connectivity index (χ1n) is 11.5. The van der Waals surface area contributed by atoms with Gasteiger partial charge in [0.1, 0.15) is 0 Å². The Morgan fingerprint density at radius 1 is 1.26 bits per heavy atom. The van der Waals surface area contributed by atoms with E-state index in [2.05, 4.69) is 20.1 Å². The van der Waals surface area contributed by atoms with Crippen LogP contribution in [0.3, 0.4) is 0 Å². The fraction of sp³-hybridized carbons (Fsp3) is 0.583. The number of aliphatic hydroxyl groups is 1. The van der Waals surface area contributed by atoms with Gasteiger partial charge in [0.05, 0.1) is 18.3 Å². The summed E-state index contributed by atoms with van der Waals surface area (Å²) in [7, 11) is 2.03. The number of aliphatic hydroxyl groups excluding tert-OH is 1. The average Bonchev–Trinajstić information content (AvgIpc) is 3.17. The zero-order valence-corrected chi connectivity index (χ0v) is 19.2. The van der Waals surface area contributed by atoms with Crippen LogP contribution in [-0.4, -0.2) is 65.6 Å². The molecule has 1 amide bonds. The molecule has 1 aliphatic heterocycles. The summed E-state index contributed by atoms with van der Waals surface area (Å²) < 4.78 is 0. The highest BCUT2D eigenvalue weighted by Crippen LogP contribution is 2.29. The lowest BCUT2D eigenvalue weighted by Crippen LogP contribution is -2.41. The van der Waals surface area contributed by atoms with Crippen molar-refractivity contribution in [3.8, 4) is 0 Å². The number of β-amino-alcohol motifs (C(OH)–C–C–N with tert-alkyl or cyclic N) is 1. The zero-order chi connectivity index (χ0) is 21.6. The summed E-state index contributed by atoms with van der Waals surface area (Å²) in [6.07, 6.45) is 6.36. The number of likely N-dealkylation sites (tertiary alicyclic amines) is 1. The quantitative estimate of drug-likeness (QED) is 0.656. The van der Waals surface area contributed by atoms with E-state index in [-0.39, 0.29) is 5.91 Å². The summed E-state index contributed by atoms with van der Waals surface area (Å²) in [6.45, 7) is 4.01. The van der Waals surface area contributed by atoms with Crippen molar-refractivity contribution in [1.29, 1.82) is 0 Å². The molecule has 0 saturated carbocycles. The van der Waals surface area contributed by atoms with Gasteiger partial charge in [-0.05, 0) is 70.1 Å². The predicted molar refractivity (Wildman–Crippen MR) is 125 cm³/mol. The number of aromatic nitrogens is 1. The Bertz CT molecular complexity index is 825. The lowest BCUT2D eigenvalue weighted by Gasteiger charge is -2.34. The number of benzene rings is 1. The second-order valence-corrected chi connectivity index (χ2v) is 10.1. The Balaban J connectivity index is 1.16. The number of nitrogens with one attached hydrogen (secondary N) is 1. The van der Waals surface area contributed by atoms with E-state index >= 15 is 0 Å². The van der Waals surface area contributed by atoms with Crippen molar-refractivity contribution in [3.05, 3.63) is 46.5 Å². The summed E-state index contributed by atoms with van der Waals surface area (Å²) >= 11 is 1.64. The summed E-state index contributed by atoms with van der Waals surface area (Å²) in [5.41, 5.74) is 2.17. The van der Waals surface area contributed by atoms with Crippen molar-refractivity contribution in [2.24, 2.45) is 5.92 Å². The summed E-state index contributed by atoms with van der Waals surface area (Å²) in [6, 6.07) is 9.89. The van der Waals surface area contributed by atoms with Crippen LogP contribution in [0.5, 0.6) is 0 Å². The van der Waals surface area contributed by atoms with E-state index in [0.29, 0.717) is 19.0 Å². The molecule has 0 spiro atoms. The van der Waals surface area contributed by atoms with E-state index in [9.17, 15) is 9.90 Å². The number of carbonyl (C=O) groups is 1. The number of nitrogens with zero attached hydrogens (tertiary/aromatic N) is 3. The van der Waals surface area contributed by atoms with Gasteiger partial charge in [-0.3, -0.25) is 9.69 Å². The van der Waals surface area contributed by atoms with E-state index in [4.69, 9.17) is 0 Å². The molecule has 1 saturated heterocycles. The van der Waals surface area contributed by atoms with Gasteiger partial charge in [-0.25, -0.2) is 4.98 Å². The monoisotopic (exact) mass is 442 g/mol. The Kier molecular flexibility index (Phi) is 7.72. The first-order chi connectivity index (χ1) is 15.1. The molecular weight excluding hydrogens is 408 g/mol. The molecule has 2 aliphatic rings. The van der Waals surface area contributed by atoms with Gasteiger partial charge in [0.2, 0.25) is 5.91 Å². The molecule has 6 nitrogen and oxygen atoms in total. The molecule has 1 unspecified atom stereocenters. The minimum Gasteiger partial charge on any atom is -0.387 e. The van der Waals surface area contributed by atoms with Crippen molar-refractivity contribution in [1.82, 2.24) is 14.8 Å². The predicted octanol–water partition coefficient (Wildman–Crippen LogP) is 3.34. The molecule has 1 aliphatic carbocycles. The highest BCUT2D eigenvalue weighted by Gasteiger charge is 2.23. The van der Waals surface area contributed by atoms with E-state index in [1.165, 1.54) is 23.4 Å². The Labute approximate surface area is 189 Å². The second-order valence-electron chi connectivity index (χ2n) is 9.01. The average molecular weight is 443 g/mol. The van der Waals surface area contributed by atoms with Crippen LogP contribution in [0.15, 0.2) is 30.3 Å². The number of anilines is 1. The van der Waals surface area contributed by atoms with Crippen LogP contribution in [0.4, 0.5) is 5.13 Å². The molecule has 31 heavy (non-hydrogen) atoms. The molecule has 1 atom stereocenters. The van der Waals surface area contributed by atoms with Crippen LogP contribution in [-0.2, 0) is 17.6 Å². The molecule has 4 rings (SSSR count). The number of carbonyl (C=O) groups excluding carboxylic acids is 1. The summed E-state index contributed by atoms with van der Waals surface area (Å²) in [5, 5.41) is 14.2. The van der Waals surface area contributed by atoms with Crippen molar-refractivity contribution in [2.75, 3.05) is 45.1 Å². The lowest BCUT2D eigenvalue weighted by molar-refractivity contribution is -0.117. The Morgan fingerprint density at radius 2 is 2.00 bits per heavy atom. The van der Waals surface area contributed by atoms with Gasteiger partial charge in [-0.1, -0.05) is 30.3 Å². The van der Waals surface area contributed by atoms with E-state index in [0.717, 1.165) is 56.0 Å². The number of rotatable bonds is 8. The van der Waals surface area contributed by atoms with Crippen LogP contribution in [0, 0.1) is 5.92 Å². The molecule has 1 aromatic heterocycles. The smallest absolute Gasteiger partial charge is 0.240 e. The van der Waals surface area contributed by atoms with E-state index < -0.39 is 6.10 Å². The molecule has 0 radical (unpaired) electrons. The summed E-state index contributed by atoms with van der Waals surface area (Å²) in [5.74, 6) is 0.618. The van der Waals surface area contributed by atoms with Gasteiger partial charge >= 0.3 is 0 Å². The molecule has 7 heteroatoms. The maximum absolute atomic E-state index is 12.5. The zero-order valence-electron chi connectivity index (χ0n) is 18.4. The van der Waals surface area contributed by atoms with Gasteiger partial charge in [0.25, 0.3) is 0 Å². The molecular formula is C24H34N4O2S. The van der Waals surface area contributed by atoms with Crippen LogP contribution < -0.4 is 5.32 Å². The normalized spacial score (nSPS) is 18.7. The van der Waals surface area contributed by atoms with Gasteiger partial charge in [-0.2, -0.15) is 0 Å². The molecule has 1 aromatic carbocycles. The van der Waals surface area contributed by atoms with Crippen LogP contribution >= 0.6 is 11.3 Å². The van der Waals surface area contributed by atoms with Crippen molar-refractivity contribution in [3.63, 3.8) is 0 Å². The molecule has 168 valence electrons. The third-order valence-corrected chi connectivity index (χ3v) is 7.47. The fourth-order valence-electron chi connectivity index (χ4n) is 4.69. The maximum Gasteiger partial charge on any atom is 0.240 e. The standard InChI is InChI=1S/C24H34N4O2S/c1-27(17-23(30)26-24-25-20-9-5-6-10-22(20)31-24)15-18-11-13-28(14-12-18)16-21(29)19-7-3-2-4-8-19/h2-4,7-8,18,21,29H,5-6,9-17H2,1H3,(H,25,26,30). The first kappa shape index (κ1) is 22.4. The fourth-order valence-corrected chi connectivity index (χ4v) is 5.76. The minimum absolute atomic E-state index is 0.0250. The van der Waals surface area contributed by atoms with Crippen LogP contribution in [0.25, 0.3) is 0 Å². The molecule has 1 fully saturated rings. The lowest BCUT2D eigenvalue weighted by atomic mass is 9.95. The third kappa shape index (κ3) is 6.35. The van der Waals surface area contributed by atoms with Gasteiger partial charge in [-0.15, -0.1) is 11.3 Å². The third-order valence-electron chi connectivity index (χ3n) is 6.40. The SMILES string of the molecule is CN(CC(=O)Nc1nc2c(s1)CCCC2)CC1CCN(CC(O)c2ccccc2)CC1. The minimum atomic E-state index is -0.430. The van der Waals surface area contributed by atoms with E-state index in [1.807, 2.05) is 37.4 Å². The molecule has 0 bridgehead atoms. The Morgan fingerprint density at radius 3 is 2.74 bits per heavy atom. The second kappa shape index (κ2) is 10.7. The maximum atomic E-state index is 12.5. The van der Waals surface area contributed by atoms with Crippen LogP contribution in [0.1, 0.15) is 47.9 Å². The van der Waals surface area contributed by atoms with Gasteiger partial charge in [0.15, 0.2) is 5.13 Å². The summed E-state index contributed by atoms with van der Waals surface area (Å²) in [4.78, 5) is 22.9. The number of thiazole rings is 1. The Hall–Kier alpha value is -1.80. The topological polar surface area (TPSA) is 68.7 Å². The number of likely N-dealkylation sites (N-methyl/N-ethyl adjacent to an activating group) is 1. The molecule has 2 heterocycles. The number of fused-ring (bicyclic) bond motifs is 1. The number of hydrogen-bond acceptors (Lipinski definition) is 6. The highest BCUT2D eigenvalue weighted by molar-refractivity contribution is 7.15. The van der Waals surface area contributed by atoms with Gasteiger partial charge in [0, 0.05) is 18.0 Å². The number of piperidine rings is 1. The molecule has 2 N–H and O–H groups in total. The largest absolute Gasteiger partial charge is 0.387 e. The van der Waals surface area contributed by atoms with Gasteiger partial charge < -0.3 is 15.3 Å². The van der Waals surface area contributed by atoms with Crippen molar-refractivity contribution < 1.29 is 9.90 Å². The van der Waals surface area contributed by atoms with E-state index in [1.54, 1.807) is 11.3 Å². The first-order valence-corrected chi connectivity index (χ1v) is 12.3. The van der Waals surface area contributed by atoms with Crippen molar-refractivity contribution in [2.45, 2.75) is 44.6 Å². The number of aryl methyl sites for hydroxylation is 2. The molecule has 2 aromatic rings. The number of hydrogen-bond donors (Lipinski definition) is 2. The van der Waals surface area contributed by atoms with Crippen molar-refractivity contribution >= 4 is 22.4 Å². The number of amides is 1.